The Kier molecular flexibility index (Phi) is 2.95. The van der Waals surface area contributed by atoms with E-state index in [9.17, 15) is 8.78 Å². The van der Waals surface area contributed by atoms with Crippen molar-refractivity contribution >= 4 is 17.1 Å². The van der Waals surface area contributed by atoms with Crippen LogP contribution in [0, 0.1) is 18.6 Å². The Balaban J connectivity index is 2.31. The lowest BCUT2D eigenvalue weighted by molar-refractivity contribution is 0.627. The third kappa shape index (κ3) is 2.72. The summed E-state index contributed by atoms with van der Waals surface area (Å²) in [7, 11) is 0. The fourth-order valence-electron chi connectivity index (χ4n) is 1.61. The van der Waals surface area contributed by atoms with Crippen LogP contribution in [-0.2, 0) is 0 Å². The quantitative estimate of drug-likeness (QED) is 0.779. The molecule has 0 heterocycles. The molecule has 0 aliphatic rings. The zero-order chi connectivity index (χ0) is 12.4. The molecule has 4 heteroatoms. The predicted octanol–water partition coefficient (Wildman–Crippen LogP) is 3.60. The Morgan fingerprint density at radius 1 is 1.00 bits per heavy atom. The molecule has 2 aromatic carbocycles. The van der Waals surface area contributed by atoms with Crippen LogP contribution >= 0.6 is 0 Å². The van der Waals surface area contributed by atoms with Crippen molar-refractivity contribution in [2.45, 2.75) is 6.92 Å². The Morgan fingerprint density at radius 3 is 2.41 bits per heavy atom. The number of nitrogens with one attached hydrogen (secondary N) is 1. The first-order valence-corrected chi connectivity index (χ1v) is 5.14. The molecular weight excluding hydrogens is 222 g/mol. The standard InChI is InChI=1S/C13H12F2N2/c1-8-4-10(15)6-11(5-8)17-13-3-2-9(14)7-12(13)16/h2-7,17H,16H2,1H3. The number of halogens is 2. The molecule has 17 heavy (non-hydrogen) atoms. The van der Waals surface area contributed by atoms with Gasteiger partial charge in [-0.1, -0.05) is 0 Å². The summed E-state index contributed by atoms with van der Waals surface area (Å²) in [5.74, 6) is -0.725. The third-order valence-electron chi connectivity index (χ3n) is 2.33. The van der Waals surface area contributed by atoms with Gasteiger partial charge in [0, 0.05) is 5.69 Å². The maximum absolute atomic E-state index is 13.2. The van der Waals surface area contributed by atoms with Crippen molar-refractivity contribution in [3.05, 3.63) is 53.6 Å². The van der Waals surface area contributed by atoms with Crippen LogP contribution in [0.4, 0.5) is 25.8 Å². The summed E-state index contributed by atoms with van der Waals surface area (Å²) in [6.45, 7) is 1.79. The van der Waals surface area contributed by atoms with Crippen molar-refractivity contribution in [3.8, 4) is 0 Å². The smallest absolute Gasteiger partial charge is 0.125 e. The van der Waals surface area contributed by atoms with Gasteiger partial charge < -0.3 is 11.1 Å². The van der Waals surface area contributed by atoms with E-state index in [-0.39, 0.29) is 11.5 Å². The lowest BCUT2D eigenvalue weighted by Gasteiger charge is -2.10. The van der Waals surface area contributed by atoms with E-state index in [1.165, 1.54) is 30.3 Å². The highest BCUT2D eigenvalue weighted by Crippen LogP contribution is 2.24. The zero-order valence-corrected chi connectivity index (χ0v) is 9.30. The molecule has 0 amide bonds. The van der Waals surface area contributed by atoms with Gasteiger partial charge in [-0.3, -0.25) is 0 Å². The number of hydrogen-bond acceptors (Lipinski definition) is 2. The molecular formula is C13H12F2N2. The molecule has 0 aliphatic heterocycles. The van der Waals surface area contributed by atoms with Crippen LogP contribution in [0.5, 0.6) is 0 Å². The van der Waals surface area contributed by atoms with Crippen molar-refractivity contribution in [2.24, 2.45) is 0 Å². The van der Waals surface area contributed by atoms with Crippen LogP contribution in [0.2, 0.25) is 0 Å². The maximum Gasteiger partial charge on any atom is 0.125 e. The molecule has 0 saturated heterocycles. The van der Waals surface area contributed by atoms with E-state index in [4.69, 9.17) is 5.73 Å². The van der Waals surface area contributed by atoms with E-state index >= 15 is 0 Å². The van der Waals surface area contributed by atoms with Crippen molar-refractivity contribution in [1.82, 2.24) is 0 Å². The van der Waals surface area contributed by atoms with Gasteiger partial charge in [0.05, 0.1) is 11.4 Å². The SMILES string of the molecule is Cc1cc(F)cc(Nc2ccc(F)cc2N)c1. The topological polar surface area (TPSA) is 38.0 Å². The summed E-state index contributed by atoms with van der Waals surface area (Å²) in [4.78, 5) is 0. The molecule has 2 aromatic rings. The largest absolute Gasteiger partial charge is 0.397 e. The first-order valence-electron chi connectivity index (χ1n) is 5.14. The molecule has 0 saturated carbocycles. The molecule has 0 atom stereocenters. The van der Waals surface area contributed by atoms with E-state index in [1.54, 1.807) is 13.0 Å². The minimum Gasteiger partial charge on any atom is -0.397 e. The number of benzene rings is 2. The van der Waals surface area contributed by atoms with Gasteiger partial charge in [-0.2, -0.15) is 0 Å². The Labute approximate surface area is 98.1 Å². The van der Waals surface area contributed by atoms with E-state index in [2.05, 4.69) is 5.32 Å². The van der Waals surface area contributed by atoms with E-state index in [0.29, 0.717) is 11.4 Å². The molecule has 3 N–H and O–H groups in total. The van der Waals surface area contributed by atoms with Gasteiger partial charge in [0.2, 0.25) is 0 Å². The van der Waals surface area contributed by atoms with Crippen LogP contribution in [0.25, 0.3) is 0 Å². The molecule has 0 fully saturated rings. The fourth-order valence-corrected chi connectivity index (χ4v) is 1.61. The molecule has 2 nitrogen and oxygen atoms in total. The zero-order valence-electron chi connectivity index (χ0n) is 9.30. The van der Waals surface area contributed by atoms with Crippen molar-refractivity contribution < 1.29 is 8.78 Å². The second-order valence-electron chi connectivity index (χ2n) is 3.87. The first kappa shape index (κ1) is 11.4. The third-order valence-corrected chi connectivity index (χ3v) is 2.33. The number of nitrogen functional groups attached to an aromatic ring is 1. The molecule has 0 unspecified atom stereocenters. The first-order chi connectivity index (χ1) is 8.04. The van der Waals surface area contributed by atoms with E-state index in [0.717, 1.165) is 5.56 Å². The highest BCUT2D eigenvalue weighted by molar-refractivity contribution is 5.72. The minimum atomic E-state index is -0.400. The molecule has 88 valence electrons. The monoisotopic (exact) mass is 234 g/mol. The number of nitrogens with two attached hydrogens (primary N) is 1. The Bertz CT molecular complexity index is 533. The second-order valence-corrected chi connectivity index (χ2v) is 3.87. The number of anilines is 3. The van der Waals surface area contributed by atoms with Crippen LogP contribution in [-0.4, -0.2) is 0 Å². The number of hydrogen-bond donors (Lipinski definition) is 2. The van der Waals surface area contributed by atoms with E-state index in [1.807, 2.05) is 0 Å². The fraction of sp³-hybridized carbons (Fsp3) is 0.0769. The minimum absolute atomic E-state index is 0.284. The van der Waals surface area contributed by atoms with Crippen molar-refractivity contribution in [3.63, 3.8) is 0 Å². The summed E-state index contributed by atoms with van der Waals surface area (Å²) in [6.07, 6.45) is 0. The molecule has 0 aliphatic carbocycles. The van der Waals surface area contributed by atoms with Gasteiger partial charge in [-0.05, 0) is 48.9 Å². The molecule has 0 radical (unpaired) electrons. The highest BCUT2D eigenvalue weighted by Gasteiger charge is 2.03. The van der Waals surface area contributed by atoms with Crippen LogP contribution in [0.1, 0.15) is 5.56 Å². The van der Waals surface area contributed by atoms with Gasteiger partial charge in [-0.15, -0.1) is 0 Å². The summed E-state index contributed by atoms with van der Waals surface area (Å²) >= 11 is 0. The van der Waals surface area contributed by atoms with Crippen LogP contribution in [0.15, 0.2) is 36.4 Å². The lowest BCUT2D eigenvalue weighted by atomic mass is 10.2. The second kappa shape index (κ2) is 4.41. The van der Waals surface area contributed by atoms with Gasteiger partial charge in [0.1, 0.15) is 11.6 Å². The summed E-state index contributed by atoms with van der Waals surface area (Å²) in [5, 5.41) is 2.95. The molecule has 2 rings (SSSR count). The van der Waals surface area contributed by atoms with Crippen LogP contribution < -0.4 is 11.1 Å². The molecule has 0 spiro atoms. The number of aryl methyl sites for hydroxylation is 1. The van der Waals surface area contributed by atoms with Gasteiger partial charge in [0.15, 0.2) is 0 Å². The van der Waals surface area contributed by atoms with E-state index < -0.39 is 5.82 Å². The maximum atomic E-state index is 13.2. The normalized spacial score (nSPS) is 10.3. The molecule has 0 aromatic heterocycles. The van der Waals surface area contributed by atoms with Gasteiger partial charge >= 0.3 is 0 Å². The Hall–Kier alpha value is -2.10. The molecule has 0 bridgehead atoms. The average Bonchev–Trinajstić information content (AvgIpc) is 2.21. The van der Waals surface area contributed by atoms with Crippen LogP contribution in [0.3, 0.4) is 0 Å². The van der Waals surface area contributed by atoms with Crippen molar-refractivity contribution in [1.29, 1.82) is 0 Å². The predicted molar refractivity (Wildman–Crippen MR) is 65.2 cm³/mol. The summed E-state index contributed by atoms with van der Waals surface area (Å²) in [6, 6.07) is 8.60. The van der Waals surface area contributed by atoms with Gasteiger partial charge in [-0.25, -0.2) is 8.78 Å². The van der Waals surface area contributed by atoms with Crippen molar-refractivity contribution in [2.75, 3.05) is 11.1 Å². The average molecular weight is 234 g/mol. The van der Waals surface area contributed by atoms with Gasteiger partial charge in [0.25, 0.3) is 0 Å². The summed E-state index contributed by atoms with van der Waals surface area (Å²) in [5.41, 5.74) is 7.87. The lowest BCUT2D eigenvalue weighted by Crippen LogP contribution is -1.97. The number of rotatable bonds is 2. The summed E-state index contributed by atoms with van der Waals surface area (Å²) < 4.78 is 26.0. The highest BCUT2D eigenvalue weighted by atomic mass is 19.1. The Morgan fingerprint density at radius 2 is 1.76 bits per heavy atom.